The van der Waals surface area contributed by atoms with E-state index in [1.165, 1.54) is 12.0 Å². The van der Waals surface area contributed by atoms with Gasteiger partial charge in [-0.25, -0.2) is 4.98 Å². The molecule has 1 N–H and O–H groups in total. The number of hydrogen-bond acceptors (Lipinski definition) is 4. The van der Waals surface area contributed by atoms with Crippen LogP contribution in [0.2, 0.25) is 0 Å². The highest BCUT2D eigenvalue weighted by molar-refractivity contribution is 5.94. The molecule has 0 saturated carbocycles. The van der Waals surface area contributed by atoms with Gasteiger partial charge in [-0.15, -0.1) is 0 Å². The molecule has 2 fully saturated rings. The van der Waals surface area contributed by atoms with E-state index in [0.717, 1.165) is 68.8 Å². The van der Waals surface area contributed by atoms with Crippen molar-refractivity contribution in [2.24, 2.45) is 5.92 Å². The Morgan fingerprint density at radius 2 is 1.89 bits per heavy atom. The Balaban J connectivity index is 1.40. The minimum absolute atomic E-state index is 0.0897. The van der Waals surface area contributed by atoms with Gasteiger partial charge < -0.3 is 14.9 Å². The number of rotatable bonds is 5. The number of carbonyl (C=O) groups is 1. The first-order chi connectivity index (χ1) is 13.7. The van der Waals surface area contributed by atoms with Gasteiger partial charge in [0.1, 0.15) is 5.82 Å². The lowest BCUT2D eigenvalue weighted by molar-refractivity contribution is 0.0724. The largest absolute Gasteiger partial charge is 0.392 e. The summed E-state index contributed by atoms with van der Waals surface area (Å²) in [6, 6.07) is 12.0. The third-order valence-electron chi connectivity index (χ3n) is 5.94. The number of pyridine rings is 1. The van der Waals surface area contributed by atoms with E-state index in [0.29, 0.717) is 5.92 Å². The highest BCUT2D eigenvalue weighted by atomic mass is 16.3. The molecule has 2 aromatic rings. The lowest BCUT2D eigenvalue weighted by atomic mass is 9.97. The first kappa shape index (κ1) is 18.9. The van der Waals surface area contributed by atoms with Crippen LogP contribution in [0.3, 0.4) is 0 Å². The molecule has 28 heavy (non-hydrogen) atoms. The monoisotopic (exact) mass is 379 g/mol. The van der Waals surface area contributed by atoms with Crippen LogP contribution < -0.4 is 4.90 Å². The number of likely N-dealkylation sites (tertiary alicyclic amines) is 1. The van der Waals surface area contributed by atoms with Crippen molar-refractivity contribution in [2.45, 2.75) is 38.7 Å². The lowest BCUT2D eigenvalue weighted by Crippen LogP contribution is -2.35. The van der Waals surface area contributed by atoms with Crippen molar-refractivity contribution in [3.8, 4) is 0 Å². The molecule has 0 spiro atoms. The van der Waals surface area contributed by atoms with Gasteiger partial charge in [0.2, 0.25) is 0 Å². The lowest BCUT2D eigenvalue weighted by Gasteiger charge is -2.27. The number of aliphatic hydroxyl groups excluding tert-OH is 1. The molecular formula is C23H29N3O2. The molecule has 1 atom stereocenters. The van der Waals surface area contributed by atoms with Crippen molar-refractivity contribution in [3.63, 3.8) is 0 Å². The number of benzene rings is 1. The summed E-state index contributed by atoms with van der Waals surface area (Å²) < 4.78 is 0. The normalized spacial score (nSPS) is 19.8. The summed E-state index contributed by atoms with van der Waals surface area (Å²) in [4.78, 5) is 21.6. The summed E-state index contributed by atoms with van der Waals surface area (Å²) in [6.07, 6.45) is 7.34. The predicted octanol–water partition coefficient (Wildman–Crippen LogP) is 3.27. The third kappa shape index (κ3) is 4.36. The molecule has 0 unspecified atom stereocenters. The number of anilines is 1. The van der Waals surface area contributed by atoms with Crippen LogP contribution in [0.1, 0.15) is 47.2 Å². The average Bonchev–Trinajstić information content (AvgIpc) is 3.22. The first-order valence-corrected chi connectivity index (χ1v) is 10.4. The molecule has 2 saturated heterocycles. The molecule has 2 aliphatic rings. The Bertz CT molecular complexity index is 817. The van der Waals surface area contributed by atoms with E-state index in [-0.39, 0.29) is 12.5 Å². The zero-order valence-electron chi connectivity index (χ0n) is 16.4. The highest BCUT2D eigenvalue weighted by Gasteiger charge is 2.25. The summed E-state index contributed by atoms with van der Waals surface area (Å²) in [5.41, 5.74) is 3.00. The molecule has 1 amide bonds. The minimum atomic E-state index is 0.0897. The second kappa shape index (κ2) is 8.74. The molecule has 1 aromatic carbocycles. The Labute approximate surface area is 167 Å². The van der Waals surface area contributed by atoms with E-state index in [1.807, 2.05) is 29.2 Å². The van der Waals surface area contributed by atoms with Crippen molar-refractivity contribution in [1.29, 1.82) is 0 Å². The molecular weight excluding hydrogens is 350 g/mol. The van der Waals surface area contributed by atoms with E-state index in [4.69, 9.17) is 0 Å². The van der Waals surface area contributed by atoms with Crippen LogP contribution in [-0.2, 0) is 13.0 Å². The molecule has 4 rings (SSSR count). The standard InChI is InChI=1S/C23H29N3O2/c27-17-20-6-4-5-18(14-20)13-19-8-12-26(16-19)22-15-21(7-9-24-22)23(28)25-10-2-1-3-11-25/h4-7,9,14-15,19,27H,1-3,8,10-13,16-17H2/t19-/m1/s1. The van der Waals surface area contributed by atoms with E-state index >= 15 is 0 Å². The van der Waals surface area contributed by atoms with Crippen LogP contribution in [0.4, 0.5) is 5.82 Å². The highest BCUT2D eigenvalue weighted by Crippen LogP contribution is 2.26. The fourth-order valence-corrected chi connectivity index (χ4v) is 4.40. The number of nitrogens with zero attached hydrogens (tertiary/aromatic N) is 3. The Morgan fingerprint density at radius 1 is 1.07 bits per heavy atom. The smallest absolute Gasteiger partial charge is 0.254 e. The zero-order chi connectivity index (χ0) is 19.3. The second-order valence-electron chi connectivity index (χ2n) is 8.04. The maximum atomic E-state index is 12.8. The fraction of sp³-hybridized carbons (Fsp3) is 0.478. The number of hydrogen-bond donors (Lipinski definition) is 1. The Kier molecular flexibility index (Phi) is 5.91. The molecule has 3 heterocycles. The van der Waals surface area contributed by atoms with Gasteiger partial charge in [0.15, 0.2) is 0 Å². The van der Waals surface area contributed by atoms with Crippen molar-refractivity contribution in [3.05, 3.63) is 59.3 Å². The van der Waals surface area contributed by atoms with Crippen LogP contribution in [0, 0.1) is 5.92 Å². The quantitative estimate of drug-likeness (QED) is 0.866. The summed E-state index contributed by atoms with van der Waals surface area (Å²) in [6.45, 7) is 3.76. The SMILES string of the molecule is O=C(c1ccnc(N2CC[C@H](Cc3cccc(CO)c3)C2)c1)N1CCCCC1. The summed E-state index contributed by atoms with van der Waals surface area (Å²) >= 11 is 0. The van der Waals surface area contributed by atoms with Crippen LogP contribution in [0.15, 0.2) is 42.6 Å². The van der Waals surface area contributed by atoms with Gasteiger partial charge in [0.05, 0.1) is 6.61 Å². The number of aliphatic hydroxyl groups is 1. The van der Waals surface area contributed by atoms with Gasteiger partial charge in [-0.2, -0.15) is 0 Å². The molecule has 0 radical (unpaired) electrons. The number of aromatic nitrogens is 1. The molecule has 148 valence electrons. The van der Waals surface area contributed by atoms with Gasteiger partial charge >= 0.3 is 0 Å². The summed E-state index contributed by atoms with van der Waals surface area (Å²) in [7, 11) is 0. The average molecular weight is 380 g/mol. The second-order valence-corrected chi connectivity index (χ2v) is 8.04. The van der Waals surface area contributed by atoms with Crippen molar-refractivity contribution >= 4 is 11.7 Å². The summed E-state index contributed by atoms with van der Waals surface area (Å²) in [5, 5.41) is 9.33. The van der Waals surface area contributed by atoms with E-state index in [2.05, 4.69) is 22.0 Å². The van der Waals surface area contributed by atoms with Gasteiger partial charge in [-0.05, 0) is 61.3 Å². The topological polar surface area (TPSA) is 56.7 Å². The minimum Gasteiger partial charge on any atom is -0.392 e. The van der Waals surface area contributed by atoms with Crippen molar-refractivity contribution < 1.29 is 9.90 Å². The van der Waals surface area contributed by atoms with Crippen LogP contribution >= 0.6 is 0 Å². The van der Waals surface area contributed by atoms with E-state index in [1.54, 1.807) is 6.20 Å². The van der Waals surface area contributed by atoms with Gasteiger partial charge in [-0.1, -0.05) is 24.3 Å². The maximum Gasteiger partial charge on any atom is 0.254 e. The molecule has 1 aromatic heterocycles. The third-order valence-corrected chi connectivity index (χ3v) is 5.94. The van der Waals surface area contributed by atoms with E-state index < -0.39 is 0 Å². The molecule has 0 bridgehead atoms. The Hall–Kier alpha value is -2.40. The summed E-state index contributed by atoms with van der Waals surface area (Å²) in [5.74, 6) is 1.62. The number of carbonyl (C=O) groups excluding carboxylic acids is 1. The van der Waals surface area contributed by atoms with Crippen LogP contribution in [0.5, 0.6) is 0 Å². The Morgan fingerprint density at radius 3 is 2.71 bits per heavy atom. The maximum absolute atomic E-state index is 12.8. The van der Waals surface area contributed by atoms with Crippen LogP contribution in [0.25, 0.3) is 0 Å². The van der Waals surface area contributed by atoms with Crippen molar-refractivity contribution in [2.75, 3.05) is 31.1 Å². The van der Waals surface area contributed by atoms with E-state index in [9.17, 15) is 9.90 Å². The van der Waals surface area contributed by atoms with Gasteiger partial charge in [0, 0.05) is 37.9 Å². The number of piperidine rings is 1. The zero-order valence-corrected chi connectivity index (χ0v) is 16.4. The van der Waals surface area contributed by atoms with Crippen molar-refractivity contribution in [1.82, 2.24) is 9.88 Å². The number of amides is 1. The molecule has 2 aliphatic heterocycles. The fourth-order valence-electron chi connectivity index (χ4n) is 4.40. The molecule has 5 heteroatoms. The van der Waals surface area contributed by atoms with Gasteiger partial charge in [-0.3, -0.25) is 4.79 Å². The molecule has 5 nitrogen and oxygen atoms in total. The predicted molar refractivity (Wildman–Crippen MR) is 110 cm³/mol. The first-order valence-electron chi connectivity index (χ1n) is 10.4. The van der Waals surface area contributed by atoms with Crippen LogP contribution in [-0.4, -0.2) is 47.1 Å². The molecule has 0 aliphatic carbocycles. The van der Waals surface area contributed by atoms with Gasteiger partial charge in [0.25, 0.3) is 5.91 Å².